The molecule has 1 rings (SSSR count). The highest BCUT2D eigenvalue weighted by Gasteiger charge is 2.23. The number of nitrogens with two attached hydrogens (primary N) is 1. The smallest absolute Gasteiger partial charge is 0.338 e. The average Bonchev–Trinajstić information content (AvgIpc) is 2.46. The SMILES string of the molecule is CON(C)S(=O)(=O)c1cccc(C(=O)O[C@H](C)C(N)=O)c1. The highest BCUT2D eigenvalue weighted by molar-refractivity contribution is 7.89. The number of esters is 1. The van der Waals surface area contributed by atoms with Gasteiger partial charge in [-0.3, -0.25) is 9.63 Å². The van der Waals surface area contributed by atoms with Gasteiger partial charge in [0.2, 0.25) is 0 Å². The Balaban J connectivity index is 3.07. The molecule has 2 N–H and O–H groups in total. The van der Waals surface area contributed by atoms with Gasteiger partial charge < -0.3 is 10.5 Å². The molecule has 0 fully saturated rings. The summed E-state index contributed by atoms with van der Waals surface area (Å²) in [5.74, 6) is -1.65. The van der Waals surface area contributed by atoms with E-state index in [1.807, 2.05) is 0 Å². The Labute approximate surface area is 122 Å². The van der Waals surface area contributed by atoms with Crippen molar-refractivity contribution in [1.29, 1.82) is 0 Å². The maximum atomic E-state index is 12.0. The molecule has 0 bridgehead atoms. The molecule has 8 nitrogen and oxygen atoms in total. The van der Waals surface area contributed by atoms with Gasteiger partial charge >= 0.3 is 5.97 Å². The van der Waals surface area contributed by atoms with Crippen LogP contribution in [0, 0.1) is 0 Å². The first kappa shape index (κ1) is 17.1. The van der Waals surface area contributed by atoms with Gasteiger partial charge in [-0.1, -0.05) is 10.5 Å². The lowest BCUT2D eigenvalue weighted by atomic mass is 10.2. The van der Waals surface area contributed by atoms with Crippen molar-refractivity contribution in [2.24, 2.45) is 5.73 Å². The van der Waals surface area contributed by atoms with E-state index in [4.69, 9.17) is 10.5 Å². The molecule has 0 unspecified atom stereocenters. The minimum atomic E-state index is -3.88. The first-order valence-corrected chi connectivity index (χ1v) is 7.27. The fourth-order valence-corrected chi connectivity index (χ4v) is 2.34. The van der Waals surface area contributed by atoms with Crippen LogP contribution in [0.4, 0.5) is 0 Å². The minimum Gasteiger partial charge on any atom is -0.449 e. The monoisotopic (exact) mass is 316 g/mol. The molecule has 0 spiro atoms. The predicted molar refractivity (Wildman–Crippen MR) is 72.5 cm³/mol. The Hall–Kier alpha value is -1.97. The van der Waals surface area contributed by atoms with Crippen molar-refractivity contribution in [2.45, 2.75) is 17.9 Å². The number of ether oxygens (including phenoxy) is 1. The van der Waals surface area contributed by atoms with E-state index in [0.717, 1.165) is 6.07 Å². The molecule has 0 heterocycles. The summed E-state index contributed by atoms with van der Waals surface area (Å²) in [4.78, 5) is 27.1. The molecule has 21 heavy (non-hydrogen) atoms. The quantitative estimate of drug-likeness (QED) is 0.578. The molecule has 0 saturated heterocycles. The Bertz CT molecular complexity index is 643. The minimum absolute atomic E-state index is 0.0197. The van der Waals surface area contributed by atoms with Gasteiger partial charge in [0.05, 0.1) is 17.6 Å². The second kappa shape index (κ2) is 6.66. The number of primary amides is 1. The number of nitrogens with zero attached hydrogens (tertiary/aromatic N) is 1. The van der Waals surface area contributed by atoms with Crippen LogP contribution in [0.3, 0.4) is 0 Å². The fourth-order valence-electron chi connectivity index (χ4n) is 1.32. The van der Waals surface area contributed by atoms with E-state index in [9.17, 15) is 18.0 Å². The number of amides is 1. The van der Waals surface area contributed by atoms with Crippen LogP contribution in [0.15, 0.2) is 29.2 Å². The first-order valence-electron chi connectivity index (χ1n) is 5.83. The summed E-state index contributed by atoms with van der Waals surface area (Å²) in [5, 5.41) is 0. The van der Waals surface area contributed by atoms with Crippen LogP contribution in [0.5, 0.6) is 0 Å². The van der Waals surface area contributed by atoms with Crippen LogP contribution in [-0.4, -0.2) is 45.0 Å². The summed E-state index contributed by atoms with van der Waals surface area (Å²) >= 11 is 0. The topological polar surface area (TPSA) is 116 Å². The maximum absolute atomic E-state index is 12.0. The predicted octanol–water partition coefficient (Wildman–Crippen LogP) is -0.101. The Morgan fingerprint density at radius 1 is 1.33 bits per heavy atom. The van der Waals surface area contributed by atoms with E-state index in [1.165, 1.54) is 39.3 Å². The second-order valence-corrected chi connectivity index (χ2v) is 6.01. The summed E-state index contributed by atoms with van der Waals surface area (Å²) < 4.78 is 29.5. The van der Waals surface area contributed by atoms with Gasteiger partial charge in [0, 0.05) is 7.05 Å². The Morgan fingerprint density at radius 2 is 1.95 bits per heavy atom. The van der Waals surface area contributed by atoms with Crippen LogP contribution in [0.25, 0.3) is 0 Å². The highest BCUT2D eigenvalue weighted by atomic mass is 32.2. The van der Waals surface area contributed by atoms with E-state index in [-0.39, 0.29) is 10.5 Å². The van der Waals surface area contributed by atoms with Crippen LogP contribution in [0.2, 0.25) is 0 Å². The van der Waals surface area contributed by atoms with Gasteiger partial charge in [-0.2, -0.15) is 0 Å². The highest BCUT2D eigenvalue weighted by Crippen LogP contribution is 2.16. The number of carbonyl (C=O) groups excluding carboxylic acids is 2. The van der Waals surface area contributed by atoms with Crippen molar-refractivity contribution in [2.75, 3.05) is 14.2 Å². The van der Waals surface area contributed by atoms with E-state index in [0.29, 0.717) is 4.47 Å². The number of hydroxylamine groups is 1. The molecule has 1 aromatic rings. The van der Waals surface area contributed by atoms with Crippen LogP contribution < -0.4 is 5.73 Å². The zero-order chi connectivity index (χ0) is 16.2. The second-order valence-electron chi connectivity index (χ2n) is 4.08. The molecule has 1 atom stereocenters. The third kappa shape index (κ3) is 4.00. The number of sulfonamides is 1. The molecule has 9 heteroatoms. The number of carbonyl (C=O) groups is 2. The normalized spacial score (nSPS) is 13.0. The number of hydrogen-bond donors (Lipinski definition) is 1. The van der Waals surface area contributed by atoms with Crippen LogP contribution >= 0.6 is 0 Å². The van der Waals surface area contributed by atoms with E-state index < -0.39 is 28.0 Å². The standard InChI is InChI=1S/C12H16N2O6S/c1-8(11(13)15)20-12(16)9-5-4-6-10(7-9)21(17,18)14(2)19-3/h4-8H,1-3H3,(H2,13,15)/t8-/m1/s1. The van der Waals surface area contributed by atoms with Crippen molar-refractivity contribution in [1.82, 2.24) is 4.47 Å². The van der Waals surface area contributed by atoms with Crippen molar-refractivity contribution in [3.63, 3.8) is 0 Å². The van der Waals surface area contributed by atoms with E-state index in [1.54, 1.807) is 0 Å². The third-order valence-corrected chi connectivity index (χ3v) is 4.32. The van der Waals surface area contributed by atoms with Crippen LogP contribution in [-0.2, 0) is 24.4 Å². The Kier molecular flexibility index (Phi) is 5.41. The van der Waals surface area contributed by atoms with Crippen molar-refractivity contribution in [3.8, 4) is 0 Å². The number of benzene rings is 1. The van der Waals surface area contributed by atoms with Gasteiger partial charge in [-0.15, -0.1) is 0 Å². The first-order chi connectivity index (χ1) is 9.70. The molecule has 1 amide bonds. The molecule has 0 aliphatic heterocycles. The third-order valence-electron chi connectivity index (χ3n) is 2.65. The van der Waals surface area contributed by atoms with Gasteiger partial charge in [-0.25, -0.2) is 13.2 Å². The lowest BCUT2D eigenvalue weighted by Gasteiger charge is -2.15. The molecule has 0 aliphatic carbocycles. The van der Waals surface area contributed by atoms with Gasteiger partial charge in [0.15, 0.2) is 6.10 Å². The largest absolute Gasteiger partial charge is 0.449 e. The summed E-state index contributed by atoms with van der Waals surface area (Å²) in [6, 6.07) is 5.17. The summed E-state index contributed by atoms with van der Waals surface area (Å²) in [7, 11) is -1.46. The molecule has 0 saturated carbocycles. The van der Waals surface area contributed by atoms with Gasteiger partial charge in [0.1, 0.15) is 0 Å². The number of hydrogen-bond acceptors (Lipinski definition) is 6. The van der Waals surface area contributed by atoms with E-state index in [2.05, 4.69) is 4.84 Å². The van der Waals surface area contributed by atoms with Gasteiger partial charge in [-0.05, 0) is 25.1 Å². The zero-order valence-corrected chi connectivity index (χ0v) is 12.6. The molecule has 0 radical (unpaired) electrons. The number of rotatable bonds is 6. The van der Waals surface area contributed by atoms with E-state index >= 15 is 0 Å². The van der Waals surface area contributed by atoms with Gasteiger partial charge in [0.25, 0.3) is 15.9 Å². The van der Waals surface area contributed by atoms with Crippen molar-refractivity contribution >= 4 is 21.9 Å². The summed E-state index contributed by atoms with van der Waals surface area (Å²) in [6.07, 6.45) is -1.11. The lowest BCUT2D eigenvalue weighted by molar-refractivity contribution is -0.125. The molecule has 0 aliphatic rings. The molecular weight excluding hydrogens is 300 g/mol. The maximum Gasteiger partial charge on any atom is 0.338 e. The molecule has 1 aromatic carbocycles. The lowest BCUT2D eigenvalue weighted by Crippen LogP contribution is -2.30. The van der Waals surface area contributed by atoms with Crippen molar-refractivity contribution < 1.29 is 27.6 Å². The fraction of sp³-hybridized carbons (Fsp3) is 0.333. The zero-order valence-electron chi connectivity index (χ0n) is 11.8. The average molecular weight is 316 g/mol. The van der Waals surface area contributed by atoms with Crippen molar-refractivity contribution in [3.05, 3.63) is 29.8 Å². The molecule has 0 aromatic heterocycles. The summed E-state index contributed by atoms with van der Waals surface area (Å²) in [6.45, 7) is 1.32. The molecular formula is C12H16N2O6S. The Morgan fingerprint density at radius 3 is 2.48 bits per heavy atom. The molecule has 116 valence electrons. The summed E-state index contributed by atoms with van der Waals surface area (Å²) in [5.41, 5.74) is 4.96. The van der Waals surface area contributed by atoms with Crippen LogP contribution in [0.1, 0.15) is 17.3 Å².